The number of rotatable bonds is 2. The second-order valence-corrected chi connectivity index (χ2v) is 6.22. The number of anilines is 1. The molecule has 0 bridgehead atoms. The minimum Gasteiger partial charge on any atom is -0.361 e. The Balaban J connectivity index is 1.78. The number of nitrogens with zero attached hydrogens (tertiary/aromatic N) is 6. The van der Waals surface area contributed by atoms with Crippen molar-refractivity contribution in [2.75, 3.05) is 24.5 Å². The maximum atomic E-state index is 11.9. The highest BCUT2D eigenvalue weighted by Crippen LogP contribution is 2.29. The van der Waals surface area contributed by atoms with Gasteiger partial charge in [-0.2, -0.15) is 4.52 Å². The van der Waals surface area contributed by atoms with E-state index in [9.17, 15) is 4.79 Å². The zero-order valence-electron chi connectivity index (χ0n) is 14.0. The van der Waals surface area contributed by atoms with Crippen LogP contribution in [0.3, 0.4) is 0 Å². The summed E-state index contributed by atoms with van der Waals surface area (Å²) in [5.41, 5.74) is 2.59. The first-order valence-electron chi connectivity index (χ1n) is 8.30. The standard InChI is InChI=1S/C17H15N7O2/c1-10-8-12(21-26-10)15-17-19-16(23-7-6-18-14(25)9-23)11-4-2-3-5-13(11)24(17)22-20-15/h2-5,8H,6-7,9H2,1H3,(H,18,25). The largest absolute Gasteiger partial charge is 0.361 e. The summed E-state index contributed by atoms with van der Waals surface area (Å²) in [6.07, 6.45) is 0. The number of carbonyl (C=O) groups is 1. The van der Waals surface area contributed by atoms with Crippen LogP contribution in [-0.2, 0) is 4.79 Å². The lowest BCUT2D eigenvalue weighted by molar-refractivity contribution is -0.120. The third kappa shape index (κ3) is 2.20. The van der Waals surface area contributed by atoms with Crippen LogP contribution < -0.4 is 10.2 Å². The lowest BCUT2D eigenvalue weighted by Gasteiger charge is -2.28. The van der Waals surface area contributed by atoms with Crippen molar-refractivity contribution in [3.05, 3.63) is 36.1 Å². The summed E-state index contributed by atoms with van der Waals surface area (Å²) < 4.78 is 6.86. The highest BCUT2D eigenvalue weighted by Gasteiger charge is 2.23. The first-order valence-corrected chi connectivity index (χ1v) is 8.30. The van der Waals surface area contributed by atoms with Crippen LogP contribution in [0.25, 0.3) is 27.9 Å². The third-order valence-corrected chi connectivity index (χ3v) is 4.44. The normalized spacial score (nSPS) is 15.0. The van der Waals surface area contributed by atoms with Crippen molar-refractivity contribution in [2.24, 2.45) is 0 Å². The summed E-state index contributed by atoms with van der Waals surface area (Å²) in [6.45, 7) is 3.38. The van der Waals surface area contributed by atoms with Crippen LogP contribution in [0, 0.1) is 6.92 Å². The Morgan fingerprint density at radius 3 is 2.96 bits per heavy atom. The van der Waals surface area contributed by atoms with Gasteiger partial charge in [-0.3, -0.25) is 4.79 Å². The molecule has 1 N–H and O–H groups in total. The molecule has 0 radical (unpaired) electrons. The van der Waals surface area contributed by atoms with Gasteiger partial charge in [-0.05, 0) is 19.1 Å². The fourth-order valence-corrected chi connectivity index (χ4v) is 3.25. The van der Waals surface area contributed by atoms with E-state index < -0.39 is 0 Å². The van der Waals surface area contributed by atoms with E-state index >= 15 is 0 Å². The van der Waals surface area contributed by atoms with E-state index in [2.05, 4.69) is 20.8 Å². The molecular formula is C17H15N7O2. The second-order valence-electron chi connectivity index (χ2n) is 6.22. The molecule has 5 rings (SSSR count). The average molecular weight is 349 g/mol. The summed E-state index contributed by atoms with van der Waals surface area (Å²) >= 11 is 0. The lowest BCUT2D eigenvalue weighted by Crippen LogP contribution is -2.48. The molecule has 1 amide bonds. The number of nitrogens with one attached hydrogen (secondary N) is 1. The van der Waals surface area contributed by atoms with Gasteiger partial charge < -0.3 is 14.7 Å². The molecule has 0 atom stereocenters. The van der Waals surface area contributed by atoms with E-state index in [4.69, 9.17) is 9.51 Å². The number of benzene rings is 1. The van der Waals surface area contributed by atoms with Crippen LogP contribution in [0.1, 0.15) is 5.76 Å². The first kappa shape index (κ1) is 14.8. The van der Waals surface area contributed by atoms with Crippen molar-refractivity contribution in [3.63, 3.8) is 0 Å². The molecule has 1 aromatic carbocycles. The van der Waals surface area contributed by atoms with Crippen LogP contribution in [-0.4, -0.2) is 50.5 Å². The maximum Gasteiger partial charge on any atom is 0.239 e. The van der Waals surface area contributed by atoms with Crippen LogP contribution in [0.15, 0.2) is 34.9 Å². The molecule has 0 unspecified atom stereocenters. The fourth-order valence-electron chi connectivity index (χ4n) is 3.25. The van der Waals surface area contributed by atoms with E-state index in [1.54, 1.807) is 10.6 Å². The quantitative estimate of drug-likeness (QED) is 0.580. The van der Waals surface area contributed by atoms with Gasteiger partial charge in [0.2, 0.25) is 5.91 Å². The molecule has 9 heteroatoms. The molecule has 1 fully saturated rings. The summed E-state index contributed by atoms with van der Waals surface area (Å²) in [7, 11) is 0. The Hall–Kier alpha value is -3.49. The SMILES string of the molecule is Cc1cc(-c2nnn3c2nc(N2CCNC(=O)C2)c2ccccc23)no1. The van der Waals surface area contributed by atoms with Gasteiger partial charge in [0.15, 0.2) is 11.3 Å². The van der Waals surface area contributed by atoms with E-state index in [0.29, 0.717) is 35.9 Å². The number of piperazine rings is 1. The highest BCUT2D eigenvalue weighted by molar-refractivity contribution is 5.95. The summed E-state index contributed by atoms with van der Waals surface area (Å²) in [4.78, 5) is 18.6. The number of amides is 1. The van der Waals surface area contributed by atoms with Gasteiger partial charge in [0.25, 0.3) is 0 Å². The second kappa shape index (κ2) is 5.51. The molecule has 1 saturated heterocycles. The molecule has 4 heterocycles. The van der Waals surface area contributed by atoms with Gasteiger partial charge in [-0.15, -0.1) is 5.10 Å². The maximum absolute atomic E-state index is 11.9. The van der Waals surface area contributed by atoms with Crippen molar-refractivity contribution in [1.82, 2.24) is 30.3 Å². The number of hydrogen-bond donors (Lipinski definition) is 1. The van der Waals surface area contributed by atoms with Gasteiger partial charge >= 0.3 is 0 Å². The number of hydrogen-bond acceptors (Lipinski definition) is 7. The topological polar surface area (TPSA) is 101 Å². The Kier molecular flexibility index (Phi) is 3.14. The number of carbonyl (C=O) groups excluding carboxylic acids is 1. The monoisotopic (exact) mass is 349 g/mol. The van der Waals surface area contributed by atoms with E-state index in [0.717, 1.165) is 16.7 Å². The molecule has 0 aliphatic carbocycles. The molecule has 1 aliphatic rings. The Morgan fingerprint density at radius 2 is 2.15 bits per heavy atom. The van der Waals surface area contributed by atoms with Crippen molar-refractivity contribution < 1.29 is 9.32 Å². The third-order valence-electron chi connectivity index (χ3n) is 4.44. The Morgan fingerprint density at radius 1 is 1.27 bits per heavy atom. The lowest BCUT2D eigenvalue weighted by atomic mass is 10.2. The van der Waals surface area contributed by atoms with Crippen LogP contribution in [0.5, 0.6) is 0 Å². The average Bonchev–Trinajstić information content (AvgIpc) is 3.27. The highest BCUT2D eigenvalue weighted by atomic mass is 16.5. The van der Waals surface area contributed by atoms with Gasteiger partial charge in [0, 0.05) is 24.5 Å². The molecule has 26 heavy (non-hydrogen) atoms. The van der Waals surface area contributed by atoms with Crippen molar-refractivity contribution in [1.29, 1.82) is 0 Å². The van der Waals surface area contributed by atoms with Gasteiger partial charge in [0.05, 0.1) is 12.1 Å². The zero-order valence-corrected chi connectivity index (χ0v) is 14.0. The van der Waals surface area contributed by atoms with Crippen LogP contribution in [0.2, 0.25) is 0 Å². The molecule has 1 aliphatic heterocycles. The Bertz CT molecular complexity index is 1150. The predicted octanol–water partition coefficient (Wildman–Crippen LogP) is 1.18. The van der Waals surface area contributed by atoms with Crippen molar-refractivity contribution in [3.8, 4) is 11.4 Å². The number of aryl methyl sites for hydroxylation is 1. The molecule has 0 saturated carbocycles. The molecule has 0 spiro atoms. The van der Waals surface area contributed by atoms with Crippen LogP contribution in [0.4, 0.5) is 5.82 Å². The van der Waals surface area contributed by atoms with E-state index in [-0.39, 0.29) is 12.5 Å². The molecule has 3 aromatic heterocycles. The van der Waals surface area contributed by atoms with Crippen molar-refractivity contribution in [2.45, 2.75) is 6.92 Å². The molecule has 9 nitrogen and oxygen atoms in total. The van der Waals surface area contributed by atoms with Gasteiger partial charge in [0.1, 0.15) is 17.3 Å². The van der Waals surface area contributed by atoms with E-state index in [1.807, 2.05) is 36.1 Å². The number of aromatic nitrogens is 5. The minimum atomic E-state index is -0.0130. The van der Waals surface area contributed by atoms with E-state index in [1.165, 1.54) is 0 Å². The zero-order chi connectivity index (χ0) is 17.7. The Labute approximate surface area is 147 Å². The smallest absolute Gasteiger partial charge is 0.239 e. The van der Waals surface area contributed by atoms with Gasteiger partial charge in [-0.1, -0.05) is 22.5 Å². The summed E-state index contributed by atoms with van der Waals surface area (Å²) in [5, 5.41) is 16.3. The predicted molar refractivity (Wildman–Crippen MR) is 93.7 cm³/mol. The molecule has 130 valence electrons. The summed E-state index contributed by atoms with van der Waals surface area (Å²) in [6, 6.07) is 9.63. The molecule has 4 aromatic rings. The summed E-state index contributed by atoms with van der Waals surface area (Å²) in [5.74, 6) is 1.42. The number of fused-ring (bicyclic) bond motifs is 3. The molecular weight excluding hydrogens is 334 g/mol. The minimum absolute atomic E-state index is 0.0130. The number of para-hydroxylation sites is 1. The van der Waals surface area contributed by atoms with Gasteiger partial charge in [-0.25, -0.2) is 4.98 Å². The fraction of sp³-hybridized carbons (Fsp3) is 0.235. The first-order chi connectivity index (χ1) is 12.7. The van der Waals surface area contributed by atoms with Crippen LogP contribution >= 0.6 is 0 Å². The van der Waals surface area contributed by atoms with Crippen molar-refractivity contribution >= 4 is 28.3 Å².